The lowest BCUT2D eigenvalue weighted by atomic mass is 10.2. The van der Waals surface area contributed by atoms with Crippen molar-refractivity contribution >= 4 is 11.6 Å². The highest BCUT2D eigenvalue weighted by Crippen LogP contribution is 2.39. The van der Waals surface area contributed by atoms with Crippen molar-refractivity contribution in [1.82, 2.24) is 14.8 Å². The second-order valence-electron chi connectivity index (χ2n) is 4.11. The molecule has 1 aliphatic carbocycles. The van der Waals surface area contributed by atoms with Crippen molar-refractivity contribution in [1.29, 1.82) is 0 Å². The van der Waals surface area contributed by atoms with Gasteiger partial charge in [0, 0.05) is 12.5 Å². The molecule has 1 fully saturated rings. The molecule has 1 aromatic rings. The van der Waals surface area contributed by atoms with Crippen LogP contribution in [-0.4, -0.2) is 14.8 Å². The van der Waals surface area contributed by atoms with Crippen LogP contribution >= 0.6 is 11.6 Å². The normalized spacial score (nSPS) is 16.9. The Morgan fingerprint density at radius 1 is 1.46 bits per heavy atom. The first-order valence-corrected chi connectivity index (χ1v) is 5.15. The fourth-order valence-electron chi connectivity index (χ4n) is 1.47. The predicted octanol–water partition coefficient (Wildman–Crippen LogP) is 2.46. The molecule has 0 N–H and O–H groups in total. The van der Waals surface area contributed by atoms with Crippen molar-refractivity contribution in [2.24, 2.45) is 5.92 Å². The summed E-state index contributed by atoms with van der Waals surface area (Å²) < 4.78 is 2.05. The molecule has 0 saturated heterocycles. The van der Waals surface area contributed by atoms with Gasteiger partial charge < -0.3 is 4.57 Å². The summed E-state index contributed by atoms with van der Waals surface area (Å²) >= 11 is 5.95. The fraction of sp³-hybridized carbons (Fsp3) is 0.778. The van der Waals surface area contributed by atoms with Crippen molar-refractivity contribution in [3.8, 4) is 0 Å². The van der Waals surface area contributed by atoms with E-state index in [9.17, 15) is 0 Å². The average Bonchev–Trinajstić information content (AvgIpc) is 2.81. The van der Waals surface area contributed by atoms with Crippen LogP contribution in [0, 0.1) is 5.92 Å². The van der Waals surface area contributed by atoms with Crippen LogP contribution < -0.4 is 0 Å². The van der Waals surface area contributed by atoms with Crippen LogP contribution in [0.5, 0.6) is 0 Å². The summed E-state index contributed by atoms with van der Waals surface area (Å²) in [4.78, 5) is 0. The van der Waals surface area contributed by atoms with E-state index in [1.165, 1.54) is 12.8 Å². The third-order valence-electron chi connectivity index (χ3n) is 2.22. The van der Waals surface area contributed by atoms with Crippen LogP contribution in [0.4, 0.5) is 0 Å². The monoisotopic (exact) mass is 199 g/mol. The van der Waals surface area contributed by atoms with Gasteiger partial charge in [-0.05, 0) is 30.4 Å². The minimum Gasteiger partial charge on any atom is -0.301 e. The van der Waals surface area contributed by atoms with Crippen molar-refractivity contribution in [2.75, 3.05) is 0 Å². The zero-order valence-corrected chi connectivity index (χ0v) is 8.75. The first kappa shape index (κ1) is 9.00. The second-order valence-corrected chi connectivity index (χ2v) is 4.44. The fourth-order valence-corrected chi connectivity index (χ4v) is 1.67. The molecule has 0 bridgehead atoms. The summed E-state index contributed by atoms with van der Waals surface area (Å²) in [5.41, 5.74) is 0. The van der Waals surface area contributed by atoms with Crippen LogP contribution in [-0.2, 0) is 6.54 Å². The highest BCUT2D eigenvalue weighted by atomic mass is 35.5. The Kier molecular flexibility index (Phi) is 2.28. The van der Waals surface area contributed by atoms with E-state index in [0.29, 0.717) is 17.1 Å². The van der Waals surface area contributed by atoms with Crippen molar-refractivity contribution in [3.63, 3.8) is 0 Å². The van der Waals surface area contributed by atoms with E-state index in [0.717, 1.165) is 12.4 Å². The Labute approximate surface area is 83.1 Å². The molecule has 4 heteroatoms. The molecule has 0 amide bonds. The van der Waals surface area contributed by atoms with E-state index >= 15 is 0 Å². The van der Waals surface area contributed by atoms with Gasteiger partial charge in [0.1, 0.15) is 5.82 Å². The summed E-state index contributed by atoms with van der Waals surface area (Å²) in [5, 5.41) is 8.56. The molecule has 0 aromatic carbocycles. The maximum absolute atomic E-state index is 5.95. The molecule has 1 aromatic heterocycles. The Morgan fingerprint density at radius 3 is 2.69 bits per heavy atom. The first-order valence-electron chi connectivity index (χ1n) is 4.77. The average molecular weight is 200 g/mol. The number of hydrogen-bond acceptors (Lipinski definition) is 2. The molecular formula is C9H14ClN3. The highest BCUT2D eigenvalue weighted by molar-refractivity contribution is 6.28. The molecular weight excluding hydrogens is 186 g/mol. The van der Waals surface area contributed by atoms with Crippen molar-refractivity contribution < 1.29 is 0 Å². The summed E-state index contributed by atoms with van der Waals surface area (Å²) in [5.74, 6) is 2.29. The molecule has 0 aliphatic heterocycles. The maximum Gasteiger partial charge on any atom is 0.225 e. The SMILES string of the molecule is CC(C)Cn1c(Cl)nnc1C1CC1. The van der Waals surface area contributed by atoms with Crippen LogP contribution in [0.25, 0.3) is 0 Å². The van der Waals surface area contributed by atoms with E-state index < -0.39 is 0 Å². The van der Waals surface area contributed by atoms with Gasteiger partial charge in [0.2, 0.25) is 5.28 Å². The molecule has 0 unspecified atom stereocenters. The van der Waals surface area contributed by atoms with Crippen LogP contribution in [0.15, 0.2) is 0 Å². The maximum atomic E-state index is 5.95. The summed E-state index contributed by atoms with van der Waals surface area (Å²) in [6.45, 7) is 5.28. The van der Waals surface area contributed by atoms with Gasteiger partial charge in [-0.15, -0.1) is 10.2 Å². The number of rotatable bonds is 3. The van der Waals surface area contributed by atoms with E-state index in [-0.39, 0.29) is 0 Å². The molecule has 0 atom stereocenters. The van der Waals surface area contributed by atoms with E-state index in [4.69, 9.17) is 11.6 Å². The zero-order valence-electron chi connectivity index (χ0n) is 8.00. The molecule has 1 saturated carbocycles. The van der Waals surface area contributed by atoms with Crippen LogP contribution in [0.3, 0.4) is 0 Å². The smallest absolute Gasteiger partial charge is 0.225 e. The van der Waals surface area contributed by atoms with Gasteiger partial charge in [-0.1, -0.05) is 13.8 Å². The van der Waals surface area contributed by atoms with E-state index in [1.54, 1.807) is 0 Å². The van der Waals surface area contributed by atoms with Crippen LogP contribution in [0.2, 0.25) is 5.28 Å². The third-order valence-corrected chi connectivity index (χ3v) is 2.50. The third kappa shape index (κ3) is 1.85. The summed E-state index contributed by atoms with van der Waals surface area (Å²) in [6.07, 6.45) is 2.49. The van der Waals surface area contributed by atoms with Crippen molar-refractivity contribution in [2.45, 2.75) is 39.2 Å². The lowest BCUT2D eigenvalue weighted by Crippen LogP contribution is -2.08. The molecule has 0 radical (unpaired) electrons. The Morgan fingerprint density at radius 2 is 2.15 bits per heavy atom. The van der Waals surface area contributed by atoms with Gasteiger partial charge in [0.25, 0.3) is 0 Å². The van der Waals surface area contributed by atoms with Gasteiger partial charge in [0.05, 0.1) is 0 Å². The number of halogens is 1. The molecule has 1 aliphatic rings. The Hall–Kier alpha value is -0.570. The lowest BCUT2D eigenvalue weighted by molar-refractivity contribution is 0.507. The molecule has 2 rings (SSSR count). The predicted molar refractivity (Wildman–Crippen MR) is 51.8 cm³/mol. The minimum atomic E-state index is 0.538. The Balaban J connectivity index is 2.23. The number of hydrogen-bond donors (Lipinski definition) is 0. The molecule has 3 nitrogen and oxygen atoms in total. The standard InChI is InChI=1S/C9H14ClN3/c1-6(2)5-13-8(7-3-4-7)11-12-9(13)10/h6-7H,3-5H2,1-2H3. The lowest BCUT2D eigenvalue weighted by Gasteiger charge is -2.09. The van der Waals surface area contributed by atoms with Crippen molar-refractivity contribution in [3.05, 3.63) is 11.1 Å². The highest BCUT2D eigenvalue weighted by Gasteiger charge is 2.30. The zero-order chi connectivity index (χ0) is 9.42. The molecule has 13 heavy (non-hydrogen) atoms. The second kappa shape index (κ2) is 3.29. The minimum absolute atomic E-state index is 0.538. The molecule has 72 valence electrons. The van der Waals surface area contributed by atoms with E-state index in [2.05, 4.69) is 24.0 Å². The summed E-state index contributed by atoms with van der Waals surface area (Å²) in [6, 6.07) is 0. The van der Waals surface area contributed by atoms with E-state index in [1.807, 2.05) is 4.57 Å². The molecule has 0 spiro atoms. The van der Waals surface area contributed by atoms with Gasteiger partial charge in [0.15, 0.2) is 0 Å². The first-order chi connectivity index (χ1) is 6.18. The Bertz CT molecular complexity index is 302. The van der Waals surface area contributed by atoms with Crippen LogP contribution in [0.1, 0.15) is 38.4 Å². The number of aromatic nitrogens is 3. The topological polar surface area (TPSA) is 30.7 Å². The van der Waals surface area contributed by atoms with Gasteiger partial charge in [-0.2, -0.15) is 0 Å². The van der Waals surface area contributed by atoms with Gasteiger partial charge in [-0.25, -0.2) is 0 Å². The van der Waals surface area contributed by atoms with Gasteiger partial charge >= 0.3 is 0 Å². The quantitative estimate of drug-likeness (QED) is 0.749. The largest absolute Gasteiger partial charge is 0.301 e. The summed E-state index contributed by atoms with van der Waals surface area (Å²) in [7, 11) is 0. The van der Waals surface area contributed by atoms with Gasteiger partial charge in [-0.3, -0.25) is 0 Å². The number of nitrogens with zero attached hydrogens (tertiary/aromatic N) is 3. The molecule has 1 heterocycles.